The predicted molar refractivity (Wildman–Crippen MR) is 120 cm³/mol. The monoisotopic (exact) mass is 434 g/mol. The van der Waals surface area contributed by atoms with Gasteiger partial charge in [-0.05, 0) is 40.0 Å². The number of carbonyl (C=O) groups excluding carboxylic acids is 2. The van der Waals surface area contributed by atoms with Gasteiger partial charge < -0.3 is 13.3 Å². The molecule has 0 heterocycles. The van der Waals surface area contributed by atoms with Crippen LogP contribution in [-0.4, -0.2) is 44.8 Å². The molecule has 0 aliphatic heterocycles. The van der Waals surface area contributed by atoms with E-state index in [2.05, 4.69) is 6.92 Å². The van der Waals surface area contributed by atoms with Crippen molar-refractivity contribution < 1.29 is 22.9 Å². The minimum absolute atomic E-state index is 0.114. The smallest absolute Gasteiger partial charge is 0.374 e. The van der Waals surface area contributed by atoms with Gasteiger partial charge in [-0.1, -0.05) is 57.7 Å². The second-order valence-corrected chi connectivity index (χ2v) is 10.9. The van der Waals surface area contributed by atoms with Crippen LogP contribution in [0.1, 0.15) is 92.4 Å². The molecule has 0 aromatic rings. The van der Waals surface area contributed by atoms with Crippen molar-refractivity contribution in [1.29, 1.82) is 0 Å². The molecule has 0 radical (unpaired) electrons. The van der Waals surface area contributed by atoms with Gasteiger partial charge in [-0.25, -0.2) is 0 Å². The van der Waals surface area contributed by atoms with Crippen LogP contribution in [0.3, 0.4) is 0 Å². The van der Waals surface area contributed by atoms with E-state index in [1.807, 2.05) is 27.7 Å². The molecule has 0 aromatic heterocycles. The lowest BCUT2D eigenvalue weighted by Crippen LogP contribution is -2.46. The Hall–Kier alpha value is -0.213. The highest BCUT2D eigenvalue weighted by Gasteiger charge is 2.40. The van der Waals surface area contributed by atoms with E-state index in [-0.39, 0.29) is 16.1 Å². The molecule has 0 aliphatic rings. The van der Waals surface area contributed by atoms with Gasteiger partial charge >= 0.3 is 8.80 Å². The minimum Gasteiger partial charge on any atom is -0.374 e. The molecule has 0 spiro atoms. The standard InChI is InChI=1S/C21H42O5SSi/c1-6-11-12-13-14-16-19(27-21(23)20(22)15-7-2)17-18-28(24-8-3,25-9-4)26-10-5/h19H,6-18H2,1-5H3. The first-order valence-electron chi connectivity index (χ1n) is 11.1. The topological polar surface area (TPSA) is 61.8 Å². The van der Waals surface area contributed by atoms with Crippen molar-refractivity contribution in [2.24, 2.45) is 0 Å². The Labute approximate surface area is 178 Å². The zero-order valence-electron chi connectivity index (χ0n) is 18.7. The second-order valence-electron chi connectivity index (χ2n) is 6.92. The zero-order chi connectivity index (χ0) is 21.3. The molecule has 0 amide bonds. The number of thioether (sulfide) groups is 1. The van der Waals surface area contributed by atoms with Gasteiger partial charge in [0.15, 0.2) is 0 Å². The third kappa shape index (κ3) is 12.4. The van der Waals surface area contributed by atoms with E-state index in [9.17, 15) is 9.59 Å². The molecule has 28 heavy (non-hydrogen) atoms. The van der Waals surface area contributed by atoms with Crippen LogP contribution < -0.4 is 0 Å². The van der Waals surface area contributed by atoms with E-state index in [1.165, 1.54) is 37.4 Å². The summed E-state index contributed by atoms with van der Waals surface area (Å²) in [6.07, 6.45) is 8.71. The SMILES string of the molecule is CCCCCCCC(CC[Si](OCC)(OCC)OCC)SC(=O)C(=O)CCC. The highest BCUT2D eigenvalue weighted by molar-refractivity contribution is 8.15. The number of unbranched alkanes of at least 4 members (excludes halogenated alkanes) is 4. The molecular formula is C21H42O5SSi. The molecule has 1 unspecified atom stereocenters. The molecule has 0 bridgehead atoms. The van der Waals surface area contributed by atoms with Crippen LogP contribution in [0.25, 0.3) is 0 Å². The van der Waals surface area contributed by atoms with Gasteiger partial charge in [-0.2, -0.15) is 0 Å². The quantitative estimate of drug-likeness (QED) is 0.146. The number of carbonyl (C=O) groups is 2. The average Bonchev–Trinajstić information content (AvgIpc) is 2.66. The van der Waals surface area contributed by atoms with Gasteiger partial charge in [0.2, 0.25) is 5.78 Å². The average molecular weight is 435 g/mol. The number of hydrogen-bond acceptors (Lipinski definition) is 6. The number of rotatable bonds is 19. The highest BCUT2D eigenvalue weighted by Crippen LogP contribution is 2.29. The molecule has 0 rings (SSSR count). The summed E-state index contributed by atoms with van der Waals surface area (Å²) in [5.41, 5.74) is 0. The maximum absolute atomic E-state index is 12.3. The molecule has 1 atom stereocenters. The van der Waals surface area contributed by atoms with Gasteiger partial charge in [-0.15, -0.1) is 0 Å². The summed E-state index contributed by atoms with van der Waals surface area (Å²) in [5, 5.41) is -0.180. The van der Waals surface area contributed by atoms with Gasteiger partial charge in [0, 0.05) is 37.5 Å². The lowest BCUT2D eigenvalue weighted by molar-refractivity contribution is -0.131. The minimum atomic E-state index is -2.72. The summed E-state index contributed by atoms with van der Waals surface area (Å²) in [7, 11) is -2.72. The fourth-order valence-corrected chi connectivity index (χ4v) is 7.09. The number of Topliss-reactive ketones (excluding diaryl/α,β-unsaturated/α-hetero) is 1. The predicted octanol–water partition coefficient (Wildman–Crippen LogP) is 5.78. The fourth-order valence-electron chi connectivity index (χ4n) is 3.12. The van der Waals surface area contributed by atoms with Crippen molar-refractivity contribution in [3.8, 4) is 0 Å². The van der Waals surface area contributed by atoms with Crippen molar-refractivity contribution in [3.05, 3.63) is 0 Å². The van der Waals surface area contributed by atoms with E-state index in [1.54, 1.807) is 0 Å². The van der Waals surface area contributed by atoms with Crippen molar-refractivity contribution in [3.63, 3.8) is 0 Å². The molecule has 0 N–H and O–H groups in total. The zero-order valence-corrected chi connectivity index (χ0v) is 20.5. The van der Waals surface area contributed by atoms with E-state index >= 15 is 0 Å². The normalized spacial score (nSPS) is 12.9. The van der Waals surface area contributed by atoms with Gasteiger partial charge in [-0.3, -0.25) is 9.59 Å². The van der Waals surface area contributed by atoms with Crippen LogP contribution >= 0.6 is 11.8 Å². The first-order chi connectivity index (χ1) is 13.5. The van der Waals surface area contributed by atoms with Crippen LogP contribution in [0.15, 0.2) is 0 Å². The summed E-state index contributed by atoms with van der Waals surface area (Å²) < 4.78 is 17.8. The van der Waals surface area contributed by atoms with Crippen molar-refractivity contribution >= 4 is 31.5 Å². The van der Waals surface area contributed by atoms with E-state index < -0.39 is 8.80 Å². The van der Waals surface area contributed by atoms with Crippen LogP contribution in [0.4, 0.5) is 0 Å². The fraction of sp³-hybridized carbons (Fsp3) is 0.905. The molecule has 0 aromatic carbocycles. The molecule has 0 aliphatic carbocycles. The van der Waals surface area contributed by atoms with E-state index in [4.69, 9.17) is 13.3 Å². The van der Waals surface area contributed by atoms with Gasteiger partial charge in [0.1, 0.15) is 0 Å². The Morgan fingerprint density at radius 3 is 1.86 bits per heavy atom. The maximum Gasteiger partial charge on any atom is 0.500 e. The maximum atomic E-state index is 12.3. The molecular weight excluding hydrogens is 392 g/mol. The molecule has 0 saturated heterocycles. The van der Waals surface area contributed by atoms with Crippen molar-refractivity contribution in [2.45, 2.75) is 104 Å². The molecule has 5 nitrogen and oxygen atoms in total. The Morgan fingerprint density at radius 1 is 0.786 bits per heavy atom. The highest BCUT2D eigenvalue weighted by atomic mass is 32.2. The molecule has 7 heteroatoms. The largest absolute Gasteiger partial charge is 0.500 e. The Balaban J connectivity index is 4.93. The third-order valence-corrected chi connectivity index (χ3v) is 8.81. The Morgan fingerprint density at radius 2 is 1.36 bits per heavy atom. The summed E-state index contributed by atoms with van der Waals surface area (Å²) in [4.78, 5) is 24.3. The van der Waals surface area contributed by atoms with Crippen LogP contribution in [0.2, 0.25) is 6.04 Å². The summed E-state index contributed by atoms with van der Waals surface area (Å²) in [6.45, 7) is 11.6. The number of hydrogen-bond donors (Lipinski definition) is 0. The summed E-state index contributed by atoms with van der Waals surface area (Å²) in [6, 6.07) is 0.685. The summed E-state index contributed by atoms with van der Waals surface area (Å²) >= 11 is 1.22. The van der Waals surface area contributed by atoms with E-state index in [0.29, 0.717) is 38.7 Å². The molecule has 166 valence electrons. The van der Waals surface area contributed by atoms with Gasteiger partial charge in [0.05, 0.1) is 0 Å². The van der Waals surface area contributed by atoms with Crippen molar-refractivity contribution in [2.75, 3.05) is 19.8 Å². The molecule has 0 saturated carbocycles. The number of ketones is 1. The van der Waals surface area contributed by atoms with Crippen LogP contribution in [0.5, 0.6) is 0 Å². The summed E-state index contributed by atoms with van der Waals surface area (Å²) in [5.74, 6) is -0.258. The molecule has 0 fully saturated rings. The second kappa shape index (κ2) is 17.6. The Kier molecular flexibility index (Phi) is 17.5. The lowest BCUT2D eigenvalue weighted by atomic mass is 10.1. The van der Waals surface area contributed by atoms with E-state index in [0.717, 1.165) is 19.3 Å². The first-order valence-corrected chi connectivity index (χ1v) is 13.9. The lowest BCUT2D eigenvalue weighted by Gasteiger charge is -2.29. The Bertz CT molecular complexity index is 403. The van der Waals surface area contributed by atoms with Crippen molar-refractivity contribution in [1.82, 2.24) is 0 Å². The van der Waals surface area contributed by atoms with Crippen LogP contribution in [-0.2, 0) is 22.9 Å². The first kappa shape index (κ1) is 27.8. The third-order valence-electron chi connectivity index (χ3n) is 4.47. The van der Waals surface area contributed by atoms with Gasteiger partial charge in [0.25, 0.3) is 5.12 Å². The van der Waals surface area contributed by atoms with Crippen LogP contribution in [0, 0.1) is 0 Å².